The molecular formula is C14H21NO2. The van der Waals surface area contributed by atoms with E-state index in [0.29, 0.717) is 0 Å². The van der Waals surface area contributed by atoms with Crippen LogP contribution in [-0.4, -0.2) is 20.8 Å². The van der Waals surface area contributed by atoms with Crippen LogP contribution in [0.3, 0.4) is 0 Å². The summed E-state index contributed by atoms with van der Waals surface area (Å²) in [5, 5.41) is 3.48. The van der Waals surface area contributed by atoms with Gasteiger partial charge in [-0.1, -0.05) is 12.8 Å². The zero-order valence-corrected chi connectivity index (χ0v) is 10.7. The van der Waals surface area contributed by atoms with Gasteiger partial charge in [0.1, 0.15) is 11.5 Å². The fourth-order valence-electron chi connectivity index (χ4n) is 2.41. The Balaban J connectivity index is 1.98. The minimum atomic E-state index is 0.821. The van der Waals surface area contributed by atoms with Crippen LogP contribution < -0.4 is 14.8 Å². The van der Waals surface area contributed by atoms with E-state index in [9.17, 15) is 0 Å². The van der Waals surface area contributed by atoms with Gasteiger partial charge >= 0.3 is 0 Å². The first kappa shape index (κ1) is 12.1. The number of rotatable bonds is 5. The number of anilines is 1. The topological polar surface area (TPSA) is 30.5 Å². The molecule has 0 spiro atoms. The summed E-state index contributed by atoms with van der Waals surface area (Å²) in [5.41, 5.74) is 1.06. The second-order valence-electron chi connectivity index (χ2n) is 4.60. The number of ether oxygens (including phenoxy) is 2. The molecule has 94 valence electrons. The number of methoxy groups -OCH3 is 2. The van der Waals surface area contributed by atoms with Crippen LogP contribution in [0.5, 0.6) is 11.5 Å². The molecule has 0 aromatic heterocycles. The Morgan fingerprint density at radius 1 is 1.18 bits per heavy atom. The van der Waals surface area contributed by atoms with Crippen LogP contribution in [0.2, 0.25) is 0 Å². The highest BCUT2D eigenvalue weighted by Crippen LogP contribution is 2.30. The minimum absolute atomic E-state index is 0.821. The molecule has 1 aromatic carbocycles. The predicted octanol–water partition coefficient (Wildman–Crippen LogP) is 3.31. The van der Waals surface area contributed by atoms with Gasteiger partial charge in [0.2, 0.25) is 0 Å². The zero-order valence-electron chi connectivity index (χ0n) is 10.7. The average molecular weight is 235 g/mol. The predicted molar refractivity (Wildman–Crippen MR) is 70.0 cm³/mol. The third-order valence-electron chi connectivity index (χ3n) is 3.46. The molecule has 0 heterocycles. The van der Waals surface area contributed by atoms with Crippen molar-refractivity contribution >= 4 is 5.69 Å². The van der Waals surface area contributed by atoms with Crippen LogP contribution in [0.25, 0.3) is 0 Å². The standard InChI is InChI=1S/C14H21NO2/c1-16-12-7-8-13(14(9-12)17-2)15-10-11-5-3-4-6-11/h7-9,11,15H,3-6,10H2,1-2H3. The molecule has 0 atom stereocenters. The third-order valence-corrected chi connectivity index (χ3v) is 3.46. The summed E-state index contributed by atoms with van der Waals surface area (Å²) in [6, 6.07) is 5.89. The monoisotopic (exact) mass is 235 g/mol. The molecule has 17 heavy (non-hydrogen) atoms. The highest BCUT2D eigenvalue weighted by molar-refractivity contribution is 5.59. The second-order valence-corrected chi connectivity index (χ2v) is 4.60. The number of hydrogen-bond donors (Lipinski definition) is 1. The average Bonchev–Trinajstić information content (AvgIpc) is 2.89. The summed E-state index contributed by atoms with van der Waals surface area (Å²) in [6.07, 6.45) is 5.47. The highest BCUT2D eigenvalue weighted by atomic mass is 16.5. The van der Waals surface area contributed by atoms with Crippen molar-refractivity contribution in [3.8, 4) is 11.5 Å². The van der Waals surface area contributed by atoms with Crippen molar-refractivity contribution in [1.29, 1.82) is 0 Å². The maximum atomic E-state index is 5.36. The van der Waals surface area contributed by atoms with E-state index in [0.717, 1.165) is 29.6 Å². The first-order chi connectivity index (χ1) is 8.33. The maximum Gasteiger partial charge on any atom is 0.145 e. The van der Waals surface area contributed by atoms with Crippen LogP contribution in [-0.2, 0) is 0 Å². The molecule has 1 aliphatic rings. The molecule has 0 amide bonds. The lowest BCUT2D eigenvalue weighted by Crippen LogP contribution is -2.11. The quantitative estimate of drug-likeness (QED) is 0.849. The molecule has 3 heteroatoms. The van der Waals surface area contributed by atoms with E-state index in [1.807, 2.05) is 18.2 Å². The smallest absolute Gasteiger partial charge is 0.145 e. The van der Waals surface area contributed by atoms with Gasteiger partial charge in [-0.25, -0.2) is 0 Å². The van der Waals surface area contributed by atoms with Crippen LogP contribution in [0, 0.1) is 5.92 Å². The molecule has 1 aliphatic carbocycles. The van der Waals surface area contributed by atoms with Crippen molar-refractivity contribution in [2.45, 2.75) is 25.7 Å². The molecule has 0 radical (unpaired) electrons. The highest BCUT2D eigenvalue weighted by Gasteiger charge is 2.15. The van der Waals surface area contributed by atoms with Gasteiger partial charge in [0.25, 0.3) is 0 Å². The zero-order chi connectivity index (χ0) is 12.1. The van der Waals surface area contributed by atoms with Crippen molar-refractivity contribution < 1.29 is 9.47 Å². The van der Waals surface area contributed by atoms with Crippen LogP contribution >= 0.6 is 0 Å². The van der Waals surface area contributed by atoms with E-state index in [-0.39, 0.29) is 0 Å². The van der Waals surface area contributed by atoms with E-state index in [1.165, 1.54) is 25.7 Å². The molecular weight excluding hydrogens is 214 g/mol. The SMILES string of the molecule is COc1ccc(NCC2CCCC2)c(OC)c1. The van der Waals surface area contributed by atoms with Gasteiger partial charge in [0.05, 0.1) is 19.9 Å². The molecule has 1 fully saturated rings. The Hall–Kier alpha value is -1.38. The Morgan fingerprint density at radius 3 is 2.59 bits per heavy atom. The maximum absolute atomic E-state index is 5.36. The fraction of sp³-hybridized carbons (Fsp3) is 0.571. The van der Waals surface area contributed by atoms with E-state index in [1.54, 1.807) is 14.2 Å². The Morgan fingerprint density at radius 2 is 1.94 bits per heavy atom. The van der Waals surface area contributed by atoms with Gasteiger partial charge in [-0.2, -0.15) is 0 Å². The molecule has 1 saturated carbocycles. The van der Waals surface area contributed by atoms with E-state index >= 15 is 0 Å². The number of nitrogens with one attached hydrogen (secondary N) is 1. The largest absolute Gasteiger partial charge is 0.497 e. The van der Waals surface area contributed by atoms with Gasteiger partial charge in [0, 0.05) is 12.6 Å². The summed E-state index contributed by atoms with van der Waals surface area (Å²) >= 11 is 0. The van der Waals surface area contributed by atoms with Crippen molar-refractivity contribution in [3.05, 3.63) is 18.2 Å². The van der Waals surface area contributed by atoms with Crippen molar-refractivity contribution in [2.24, 2.45) is 5.92 Å². The lowest BCUT2D eigenvalue weighted by atomic mass is 10.1. The Kier molecular flexibility index (Phi) is 4.13. The summed E-state index contributed by atoms with van der Waals surface area (Å²) in [4.78, 5) is 0. The molecule has 0 unspecified atom stereocenters. The first-order valence-electron chi connectivity index (χ1n) is 6.29. The lowest BCUT2D eigenvalue weighted by Gasteiger charge is -2.15. The molecule has 1 N–H and O–H groups in total. The molecule has 2 rings (SSSR count). The number of benzene rings is 1. The Bertz CT molecular complexity index is 359. The van der Waals surface area contributed by atoms with E-state index < -0.39 is 0 Å². The lowest BCUT2D eigenvalue weighted by molar-refractivity contribution is 0.395. The second kappa shape index (κ2) is 5.80. The minimum Gasteiger partial charge on any atom is -0.497 e. The summed E-state index contributed by atoms with van der Waals surface area (Å²) in [7, 11) is 3.36. The Labute approximate surface area is 103 Å². The molecule has 3 nitrogen and oxygen atoms in total. The molecule has 0 saturated heterocycles. The van der Waals surface area contributed by atoms with E-state index in [4.69, 9.17) is 9.47 Å². The number of hydrogen-bond acceptors (Lipinski definition) is 3. The molecule has 1 aromatic rings. The van der Waals surface area contributed by atoms with Crippen molar-refractivity contribution in [1.82, 2.24) is 0 Å². The third kappa shape index (κ3) is 3.05. The van der Waals surface area contributed by atoms with Gasteiger partial charge in [-0.05, 0) is 30.9 Å². The fourth-order valence-corrected chi connectivity index (χ4v) is 2.41. The van der Waals surface area contributed by atoms with Gasteiger partial charge in [-0.15, -0.1) is 0 Å². The van der Waals surface area contributed by atoms with Gasteiger partial charge in [-0.3, -0.25) is 0 Å². The molecule has 0 aliphatic heterocycles. The van der Waals surface area contributed by atoms with Gasteiger partial charge < -0.3 is 14.8 Å². The van der Waals surface area contributed by atoms with Crippen molar-refractivity contribution in [2.75, 3.05) is 26.1 Å². The van der Waals surface area contributed by atoms with Crippen LogP contribution in [0.4, 0.5) is 5.69 Å². The summed E-state index contributed by atoms with van der Waals surface area (Å²) in [6.45, 7) is 1.04. The van der Waals surface area contributed by atoms with Gasteiger partial charge in [0.15, 0.2) is 0 Å². The first-order valence-corrected chi connectivity index (χ1v) is 6.29. The van der Waals surface area contributed by atoms with Crippen LogP contribution in [0.1, 0.15) is 25.7 Å². The summed E-state index contributed by atoms with van der Waals surface area (Å²) < 4.78 is 10.5. The van der Waals surface area contributed by atoms with Crippen molar-refractivity contribution in [3.63, 3.8) is 0 Å². The summed E-state index contributed by atoms with van der Waals surface area (Å²) in [5.74, 6) is 2.50. The van der Waals surface area contributed by atoms with Crippen LogP contribution in [0.15, 0.2) is 18.2 Å². The normalized spacial score (nSPS) is 15.9. The van der Waals surface area contributed by atoms with E-state index in [2.05, 4.69) is 5.32 Å². The molecule has 0 bridgehead atoms.